The van der Waals surface area contributed by atoms with Crippen LogP contribution in [0.2, 0.25) is 10.0 Å². The van der Waals surface area contributed by atoms with Crippen molar-refractivity contribution in [2.24, 2.45) is 5.92 Å². The lowest BCUT2D eigenvalue weighted by molar-refractivity contribution is 0.372. The molecule has 0 atom stereocenters. The topological polar surface area (TPSA) is 0 Å². The van der Waals surface area contributed by atoms with Gasteiger partial charge in [-0.2, -0.15) is 0 Å². The number of rotatable bonds is 2. The molecule has 0 heterocycles. The zero-order valence-electron chi connectivity index (χ0n) is 9.07. The lowest BCUT2D eigenvalue weighted by atomic mass is 9.75. The summed E-state index contributed by atoms with van der Waals surface area (Å²) < 4.78 is 0. The maximum Gasteiger partial charge on any atom is 0.0595 e. The number of hydrogen-bond donors (Lipinski definition) is 0. The summed E-state index contributed by atoms with van der Waals surface area (Å²) >= 11 is 11.9. The molecule has 0 bridgehead atoms. The fourth-order valence-electron chi connectivity index (χ4n) is 1.23. The van der Waals surface area contributed by atoms with Gasteiger partial charge in [-0.15, -0.1) is 0 Å². The second-order valence-corrected chi connectivity index (χ2v) is 5.32. The van der Waals surface area contributed by atoms with E-state index in [-0.39, 0.29) is 5.41 Å². The lowest BCUT2D eigenvalue weighted by Crippen LogP contribution is -2.24. The van der Waals surface area contributed by atoms with Crippen molar-refractivity contribution in [1.82, 2.24) is 0 Å². The van der Waals surface area contributed by atoms with E-state index < -0.39 is 0 Å². The normalized spacial score (nSPS) is 12.2. The van der Waals surface area contributed by atoms with Gasteiger partial charge in [0, 0.05) is 0 Å². The second kappa shape index (κ2) is 4.12. The average molecular weight is 231 g/mol. The third-order valence-electron chi connectivity index (χ3n) is 3.11. The highest BCUT2D eigenvalue weighted by molar-refractivity contribution is 6.42. The molecule has 0 amide bonds. The Labute approximate surface area is 96.2 Å². The van der Waals surface area contributed by atoms with Gasteiger partial charge in [0.15, 0.2) is 0 Å². The Morgan fingerprint density at radius 2 is 1.64 bits per heavy atom. The number of hydrogen-bond acceptors (Lipinski definition) is 0. The summed E-state index contributed by atoms with van der Waals surface area (Å²) in [5, 5.41) is 1.26. The van der Waals surface area contributed by atoms with Crippen LogP contribution in [0.25, 0.3) is 0 Å². The fraction of sp³-hybridized carbons (Fsp3) is 0.500. The summed E-state index contributed by atoms with van der Waals surface area (Å²) in [5.41, 5.74) is 1.37. The van der Waals surface area contributed by atoms with Crippen molar-refractivity contribution in [2.45, 2.75) is 33.1 Å². The van der Waals surface area contributed by atoms with E-state index in [1.807, 2.05) is 18.2 Å². The van der Waals surface area contributed by atoms with Gasteiger partial charge in [0.25, 0.3) is 0 Å². The molecule has 0 saturated heterocycles. The van der Waals surface area contributed by atoms with Gasteiger partial charge in [-0.1, -0.05) is 57.0 Å². The maximum absolute atomic E-state index is 5.99. The first-order valence-electron chi connectivity index (χ1n) is 4.81. The Balaban J connectivity index is 3.14. The molecule has 0 saturated carbocycles. The second-order valence-electron chi connectivity index (χ2n) is 4.51. The van der Waals surface area contributed by atoms with Crippen LogP contribution in [0.5, 0.6) is 0 Å². The molecule has 14 heavy (non-hydrogen) atoms. The molecule has 0 N–H and O–H groups in total. The van der Waals surface area contributed by atoms with E-state index in [1.165, 1.54) is 5.56 Å². The van der Waals surface area contributed by atoms with E-state index in [0.717, 1.165) is 0 Å². The number of benzene rings is 1. The highest BCUT2D eigenvalue weighted by Gasteiger charge is 2.24. The third-order valence-corrected chi connectivity index (χ3v) is 3.85. The molecule has 0 aromatic heterocycles. The van der Waals surface area contributed by atoms with Crippen LogP contribution in [0.4, 0.5) is 0 Å². The lowest BCUT2D eigenvalue weighted by Gasteiger charge is -2.30. The van der Waals surface area contributed by atoms with Crippen molar-refractivity contribution in [3.8, 4) is 0 Å². The van der Waals surface area contributed by atoms with Crippen LogP contribution in [0.1, 0.15) is 33.3 Å². The van der Waals surface area contributed by atoms with Crippen molar-refractivity contribution in [3.05, 3.63) is 33.8 Å². The summed E-state index contributed by atoms with van der Waals surface area (Å²) in [6, 6.07) is 5.88. The molecule has 0 aliphatic heterocycles. The van der Waals surface area contributed by atoms with Crippen LogP contribution in [0.3, 0.4) is 0 Å². The van der Waals surface area contributed by atoms with Crippen LogP contribution < -0.4 is 0 Å². The van der Waals surface area contributed by atoms with Crippen molar-refractivity contribution < 1.29 is 0 Å². The van der Waals surface area contributed by atoms with E-state index in [9.17, 15) is 0 Å². The van der Waals surface area contributed by atoms with Gasteiger partial charge in [0.05, 0.1) is 10.0 Å². The molecule has 0 spiro atoms. The minimum absolute atomic E-state index is 0.133. The molecule has 78 valence electrons. The minimum Gasteiger partial charge on any atom is -0.0827 e. The third kappa shape index (κ3) is 2.24. The highest BCUT2D eigenvalue weighted by Crippen LogP contribution is 2.34. The van der Waals surface area contributed by atoms with Gasteiger partial charge in [0.2, 0.25) is 0 Å². The molecule has 0 aliphatic carbocycles. The SMILES string of the molecule is CC(C)C(C)(C)c1ccc(Cl)c(Cl)c1. The molecular weight excluding hydrogens is 215 g/mol. The van der Waals surface area contributed by atoms with Gasteiger partial charge < -0.3 is 0 Å². The molecule has 1 aromatic rings. The molecule has 0 aliphatic rings. The highest BCUT2D eigenvalue weighted by atomic mass is 35.5. The predicted octanol–water partition coefficient (Wildman–Crippen LogP) is 4.93. The van der Waals surface area contributed by atoms with Gasteiger partial charge in [-0.05, 0) is 29.0 Å². The van der Waals surface area contributed by atoms with Crippen LogP contribution in [0, 0.1) is 5.92 Å². The van der Waals surface area contributed by atoms with Crippen LogP contribution in [0.15, 0.2) is 18.2 Å². The predicted molar refractivity (Wildman–Crippen MR) is 64.3 cm³/mol. The van der Waals surface area contributed by atoms with E-state index in [1.54, 1.807) is 0 Å². The van der Waals surface area contributed by atoms with Crippen molar-refractivity contribution >= 4 is 23.2 Å². The summed E-state index contributed by atoms with van der Waals surface area (Å²) in [5.74, 6) is 0.569. The van der Waals surface area contributed by atoms with Crippen molar-refractivity contribution in [2.75, 3.05) is 0 Å². The zero-order chi connectivity index (χ0) is 10.9. The van der Waals surface area contributed by atoms with Gasteiger partial charge in [-0.25, -0.2) is 0 Å². The molecule has 2 heteroatoms. The Hall–Kier alpha value is -0.200. The molecule has 0 fully saturated rings. The molecule has 0 nitrogen and oxygen atoms in total. The molecular formula is C12H16Cl2. The Kier molecular flexibility index (Phi) is 3.49. The van der Waals surface area contributed by atoms with Crippen LogP contribution in [-0.2, 0) is 5.41 Å². The molecule has 0 unspecified atom stereocenters. The first kappa shape index (κ1) is 11.9. The van der Waals surface area contributed by atoms with E-state index >= 15 is 0 Å². The fourth-order valence-corrected chi connectivity index (χ4v) is 1.53. The average Bonchev–Trinajstić information content (AvgIpc) is 2.09. The first-order valence-corrected chi connectivity index (χ1v) is 5.57. The van der Waals surface area contributed by atoms with Crippen LogP contribution in [-0.4, -0.2) is 0 Å². The quantitative estimate of drug-likeness (QED) is 0.677. The summed E-state index contributed by atoms with van der Waals surface area (Å²) in [7, 11) is 0. The molecule has 1 rings (SSSR count). The summed E-state index contributed by atoms with van der Waals surface area (Å²) in [6.07, 6.45) is 0. The zero-order valence-corrected chi connectivity index (χ0v) is 10.6. The Morgan fingerprint density at radius 1 is 1.07 bits per heavy atom. The molecule has 1 aromatic carbocycles. The largest absolute Gasteiger partial charge is 0.0827 e. The Bertz CT molecular complexity index is 327. The van der Waals surface area contributed by atoms with Crippen molar-refractivity contribution in [1.29, 1.82) is 0 Å². The van der Waals surface area contributed by atoms with Gasteiger partial charge in [0.1, 0.15) is 0 Å². The standard InChI is InChI=1S/C12H16Cl2/c1-8(2)12(3,4)9-5-6-10(13)11(14)7-9/h5-8H,1-4H3. The Morgan fingerprint density at radius 3 is 2.07 bits per heavy atom. The molecule has 0 radical (unpaired) electrons. The van der Waals surface area contributed by atoms with E-state index in [4.69, 9.17) is 23.2 Å². The summed E-state index contributed by atoms with van der Waals surface area (Å²) in [4.78, 5) is 0. The van der Waals surface area contributed by atoms with E-state index in [2.05, 4.69) is 27.7 Å². The minimum atomic E-state index is 0.133. The van der Waals surface area contributed by atoms with Gasteiger partial charge in [-0.3, -0.25) is 0 Å². The monoisotopic (exact) mass is 230 g/mol. The van der Waals surface area contributed by atoms with Crippen LogP contribution >= 0.6 is 23.2 Å². The van der Waals surface area contributed by atoms with Crippen molar-refractivity contribution in [3.63, 3.8) is 0 Å². The first-order chi connectivity index (χ1) is 6.35. The summed E-state index contributed by atoms with van der Waals surface area (Å²) in [6.45, 7) is 8.86. The van der Waals surface area contributed by atoms with E-state index in [0.29, 0.717) is 16.0 Å². The maximum atomic E-state index is 5.99. The smallest absolute Gasteiger partial charge is 0.0595 e. The van der Waals surface area contributed by atoms with Gasteiger partial charge >= 0.3 is 0 Å². The number of halogens is 2.